The molecule has 38 nitrogen and oxygen atoms in total. The molecule has 653 valence electrons. The first-order chi connectivity index (χ1) is 56.4. The van der Waals surface area contributed by atoms with Crippen LogP contribution < -0.4 is 26.6 Å². The molecule has 4 aromatic carbocycles. The molecule has 0 aliphatic carbocycles. The smallest absolute Gasteiger partial charge is 0.320 e. The number of carbonyl (C=O) groups is 11. The van der Waals surface area contributed by atoms with E-state index in [1.165, 1.54) is 31.4 Å². The monoisotopic (exact) mass is 1810 g/mol. The third-order valence-corrected chi connectivity index (χ3v) is 21.0. The van der Waals surface area contributed by atoms with Crippen LogP contribution in [0.4, 0.5) is 0 Å². The van der Waals surface area contributed by atoms with E-state index in [1.54, 1.807) is 57.4 Å². The standard InChI is InChI=1S/C80H109N19O19.Lu/c1-7-81-78(115)75-88-86-73(58-41-56(50(3)4)62(100)43-64(58)102)98(75)54-13-9-52(10-14-54)45-90-31-37-96(38-32-90)68(106)20-17-60(85-67(105)19-18-61(80(117)118)95-35-29-93(48-71(110)111)27-25-92(47-70(108)109)26-28-94(30-36-95)49-72(112)113)77(114)84-23-21-66(104)83-24-22-69(107)97-39-33-91(34-40-97)46-53-11-15-55(16-12-53)99-74(87-89-76(99)79(116)82-8-2)59-42-57(51(5)6)63(101)44-65(59)103;/h9-16,41-44,50-51,60-61,100-103H,7-8,17-40,45-49H2,1-6H3,(H,81,115)(H,82,116)(H,83,104)(H,84,114)(H,85,105)(H,108,109)(H,110,111)(H,112,113)(H,117,118);/t60-,61-;/m1./s1. The number of carboxylic acids is 4. The number of nitrogens with zero attached hydrogens (tertiary/aromatic N) is 14. The Labute approximate surface area is 718 Å². The normalized spacial score (nSPS) is 15.7. The average Bonchev–Trinajstić information content (AvgIpc) is 1.65. The zero-order chi connectivity index (χ0) is 85.4. The largest absolute Gasteiger partial charge is 0.508 e. The quantitative estimate of drug-likeness (QED) is 0.0266. The Bertz CT molecular complexity index is 4500. The molecule has 3 fully saturated rings. The van der Waals surface area contributed by atoms with Crippen molar-refractivity contribution in [3.8, 4) is 57.1 Å². The molecule has 2 atom stereocenters. The minimum atomic E-state index is -1.38. The minimum absolute atomic E-state index is 0. The molecule has 3 saturated heterocycles. The van der Waals surface area contributed by atoms with Gasteiger partial charge in [0.1, 0.15) is 35.1 Å². The molecule has 0 unspecified atom stereocenters. The summed E-state index contributed by atoms with van der Waals surface area (Å²) in [6, 6.07) is 17.8. The van der Waals surface area contributed by atoms with Crippen molar-refractivity contribution in [3.63, 3.8) is 0 Å². The van der Waals surface area contributed by atoms with Crippen molar-refractivity contribution in [2.45, 2.75) is 117 Å². The molecule has 5 heterocycles. The van der Waals surface area contributed by atoms with Crippen LogP contribution in [0.2, 0.25) is 0 Å². The molecule has 2 aromatic heterocycles. The number of carbonyl (C=O) groups excluding carboxylic acids is 7. The molecule has 1 radical (unpaired) electrons. The van der Waals surface area contributed by atoms with Crippen molar-refractivity contribution in [2.24, 2.45) is 0 Å². The van der Waals surface area contributed by atoms with Crippen molar-refractivity contribution in [2.75, 3.05) is 151 Å². The first-order valence-electron chi connectivity index (χ1n) is 39.8. The summed E-state index contributed by atoms with van der Waals surface area (Å²) in [7, 11) is 0. The van der Waals surface area contributed by atoms with E-state index >= 15 is 0 Å². The summed E-state index contributed by atoms with van der Waals surface area (Å²) in [6.07, 6.45) is -1.45. The van der Waals surface area contributed by atoms with Crippen molar-refractivity contribution < 1.29 is 130 Å². The van der Waals surface area contributed by atoms with Gasteiger partial charge in [-0.3, -0.25) is 91.3 Å². The van der Waals surface area contributed by atoms with Gasteiger partial charge in [0.2, 0.25) is 41.2 Å². The number of aromatic hydroxyl groups is 4. The van der Waals surface area contributed by atoms with Crippen LogP contribution in [-0.2, 0) is 56.2 Å². The van der Waals surface area contributed by atoms with Crippen molar-refractivity contribution in [1.82, 2.24) is 95.3 Å². The van der Waals surface area contributed by atoms with Gasteiger partial charge in [-0.15, -0.1) is 20.4 Å². The first kappa shape index (κ1) is 94.0. The van der Waals surface area contributed by atoms with E-state index < -0.39 is 85.0 Å². The Morgan fingerprint density at radius 3 is 1.19 bits per heavy atom. The van der Waals surface area contributed by atoms with Gasteiger partial charge in [-0.1, -0.05) is 52.0 Å². The molecule has 0 spiro atoms. The van der Waals surface area contributed by atoms with Crippen LogP contribution in [0, 0.1) is 36.9 Å². The molecule has 7 amide bonds. The van der Waals surface area contributed by atoms with E-state index in [0.29, 0.717) is 101 Å². The summed E-state index contributed by atoms with van der Waals surface area (Å²) in [5.41, 5.74) is 4.58. The Hall–Kier alpha value is -10.5. The number of amides is 7. The zero-order valence-electron chi connectivity index (χ0n) is 67.7. The number of carboxylic acid groups (broad SMARTS) is 4. The van der Waals surface area contributed by atoms with Crippen LogP contribution in [0.15, 0.2) is 72.8 Å². The van der Waals surface area contributed by atoms with Crippen LogP contribution >= 0.6 is 0 Å². The number of hydrogen-bond acceptors (Lipinski definition) is 25. The number of aliphatic carboxylic acids is 4. The van der Waals surface area contributed by atoms with Gasteiger partial charge in [-0.05, 0) is 97.2 Å². The number of piperazine rings is 2. The summed E-state index contributed by atoms with van der Waals surface area (Å²) in [5.74, 6) is -8.82. The fourth-order valence-corrected chi connectivity index (χ4v) is 14.6. The second-order valence-corrected chi connectivity index (χ2v) is 30.1. The summed E-state index contributed by atoms with van der Waals surface area (Å²) >= 11 is 0. The van der Waals surface area contributed by atoms with Crippen LogP contribution in [0.3, 0.4) is 0 Å². The fraction of sp³-hybridized carbons (Fsp3) is 0.512. The number of benzene rings is 4. The zero-order valence-corrected chi connectivity index (χ0v) is 69.4. The van der Waals surface area contributed by atoms with E-state index in [1.807, 2.05) is 64.1 Å². The molecular weight excluding hydrogens is 1710 g/mol. The predicted molar refractivity (Wildman–Crippen MR) is 429 cm³/mol. The molecule has 13 N–H and O–H groups in total. The van der Waals surface area contributed by atoms with Gasteiger partial charge < -0.3 is 77.2 Å². The Kier molecular flexibility index (Phi) is 35.6. The van der Waals surface area contributed by atoms with Gasteiger partial charge in [-0.25, -0.2) is 0 Å². The molecule has 119 heavy (non-hydrogen) atoms. The van der Waals surface area contributed by atoms with Crippen LogP contribution in [0.5, 0.6) is 23.0 Å². The third-order valence-electron chi connectivity index (χ3n) is 21.0. The predicted octanol–water partition coefficient (Wildman–Crippen LogP) is 1.73. The van der Waals surface area contributed by atoms with E-state index in [-0.39, 0.29) is 222 Å². The number of phenols is 4. The van der Waals surface area contributed by atoms with Gasteiger partial charge in [0.15, 0.2) is 11.6 Å². The molecule has 39 heteroatoms. The maximum absolute atomic E-state index is 14.2. The molecule has 3 aliphatic heterocycles. The van der Waals surface area contributed by atoms with Gasteiger partial charge in [0.05, 0.1) is 30.8 Å². The number of nitrogens with one attached hydrogen (secondary N) is 5. The molecule has 3 aliphatic rings. The van der Waals surface area contributed by atoms with E-state index in [0.717, 1.165) is 11.1 Å². The first-order valence-corrected chi connectivity index (χ1v) is 39.8. The van der Waals surface area contributed by atoms with Crippen molar-refractivity contribution >= 4 is 65.2 Å². The van der Waals surface area contributed by atoms with Crippen LogP contribution in [0.1, 0.15) is 135 Å². The summed E-state index contributed by atoms with van der Waals surface area (Å²) in [5, 5.41) is 114. The third kappa shape index (κ3) is 26.8. The molecule has 9 rings (SSSR count). The maximum Gasteiger partial charge on any atom is 0.320 e. The van der Waals surface area contributed by atoms with Crippen LogP contribution in [0.25, 0.3) is 34.2 Å². The second-order valence-electron chi connectivity index (χ2n) is 30.1. The van der Waals surface area contributed by atoms with E-state index in [4.69, 9.17) is 0 Å². The van der Waals surface area contributed by atoms with Gasteiger partial charge in [0.25, 0.3) is 11.8 Å². The Balaban J connectivity index is 0.0000176. The van der Waals surface area contributed by atoms with Gasteiger partial charge in [-0.2, -0.15) is 0 Å². The van der Waals surface area contributed by atoms with Crippen LogP contribution in [-0.4, -0.2) is 337 Å². The number of phenolic OH excluding ortho intramolecular Hbond substituents is 4. The Morgan fingerprint density at radius 1 is 0.420 bits per heavy atom. The molecule has 0 saturated carbocycles. The van der Waals surface area contributed by atoms with E-state index in [2.05, 4.69) is 56.8 Å². The second kappa shape index (κ2) is 45.1. The summed E-state index contributed by atoms with van der Waals surface area (Å²) in [6.45, 7) is 15.0. The molecular formula is C80H109LuN19O19. The summed E-state index contributed by atoms with van der Waals surface area (Å²) < 4.78 is 3.09. The maximum atomic E-state index is 14.2. The van der Waals surface area contributed by atoms with Gasteiger partial charge in [0, 0.05) is 230 Å². The minimum Gasteiger partial charge on any atom is -0.508 e. The average molecular weight is 1820 g/mol. The SMILES string of the molecule is CCNC(=O)c1nnc(-c2cc(C(C)C)c(O)cc2O)n1-c1ccc(CN2CCN(C(=O)CCNC(=O)CCNC(=O)[C@@H](CCC(=O)N3CCN(Cc4ccc(-n5c(C(=O)NCC)nnc5-c5cc(C(C)C)c(O)cc5O)cc4)CC3)NC(=O)CC[C@H](C(=O)O)N3CCN(CC(=O)O)CCN(CC(=O)O)CCN(CC(=O)O)CC3)CC2)cc1.[Lu]. The number of rotatable bonds is 36. The Morgan fingerprint density at radius 2 is 0.807 bits per heavy atom. The fourth-order valence-electron chi connectivity index (χ4n) is 14.6. The van der Waals surface area contributed by atoms with E-state index in [9.17, 15) is 93.6 Å². The van der Waals surface area contributed by atoms with Crippen molar-refractivity contribution in [3.05, 3.63) is 107 Å². The van der Waals surface area contributed by atoms with Gasteiger partial charge >= 0.3 is 23.9 Å². The molecule has 0 bridgehead atoms. The number of aromatic nitrogens is 6. The molecule has 6 aromatic rings. The topological polar surface area (TPSA) is 497 Å². The van der Waals surface area contributed by atoms with Crippen molar-refractivity contribution in [1.29, 1.82) is 0 Å². The number of hydrogen-bond donors (Lipinski definition) is 13. The summed E-state index contributed by atoms with van der Waals surface area (Å²) in [4.78, 5) is 158.